The highest BCUT2D eigenvalue weighted by molar-refractivity contribution is 6.05. The predicted octanol–water partition coefficient (Wildman–Crippen LogP) is 2.39. The zero-order valence-corrected chi connectivity index (χ0v) is 15.1. The average Bonchev–Trinajstić information content (AvgIpc) is 2.67. The number of carbonyl (C=O) groups excluding carboxylic acids is 2. The summed E-state index contributed by atoms with van der Waals surface area (Å²) in [6, 6.07) is 7.47. The van der Waals surface area contributed by atoms with Crippen molar-refractivity contribution in [1.29, 1.82) is 0 Å². The van der Waals surface area contributed by atoms with Crippen molar-refractivity contribution in [1.82, 2.24) is 9.80 Å². The Morgan fingerprint density at radius 2 is 1.80 bits per heavy atom. The van der Waals surface area contributed by atoms with Crippen molar-refractivity contribution in [2.24, 2.45) is 5.92 Å². The maximum atomic E-state index is 13.0. The van der Waals surface area contributed by atoms with Gasteiger partial charge in [0.2, 0.25) is 5.91 Å². The van der Waals surface area contributed by atoms with Gasteiger partial charge in [-0.25, -0.2) is 0 Å². The van der Waals surface area contributed by atoms with Crippen LogP contribution in [0.4, 0.5) is 5.69 Å². The second kappa shape index (κ2) is 7.83. The third-order valence-corrected chi connectivity index (χ3v) is 5.24. The third kappa shape index (κ3) is 3.93. The molecule has 0 unspecified atom stereocenters. The van der Waals surface area contributed by atoms with Crippen molar-refractivity contribution in [3.8, 4) is 0 Å². The van der Waals surface area contributed by atoms with Gasteiger partial charge >= 0.3 is 0 Å². The van der Waals surface area contributed by atoms with Gasteiger partial charge in [0.25, 0.3) is 5.91 Å². The van der Waals surface area contributed by atoms with Gasteiger partial charge in [-0.15, -0.1) is 0 Å². The SMILES string of the molecule is CN1CCN(C(=O)c2ccccc2N(C)C(=O)[C@H]2CC=CCC2)CC1. The van der Waals surface area contributed by atoms with E-state index in [0.717, 1.165) is 45.4 Å². The van der Waals surface area contributed by atoms with Gasteiger partial charge in [-0.1, -0.05) is 24.3 Å². The smallest absolute Gasteiger partial charge is 0.256 e. The Balaban J connectivity index is 1.79. The first-order valence-electron chi connectivity index (χ1n) is 9.07. The molecule has 0 radical (unpaired) electrons. The summed E-state index contributed by atoms with van der Waals surface area (Å²) in [6.07, 6.45) is 6.84. The minimum absolute atomic E-state index is 0.0156. The van der Waals surface area contributed by atoms with Crippen molar-refractivity contribution in [3.63, 3.8) is 0 Å². The van der Waals surface area contributed by atoms with Crippen LogP contribution in [0.2, 0.25) is 0 Å². The largest absolute Gasteiger partial charge is 0.336 e. The molecule has 0 aromatic heterocycles. The summed E-state index contributed by atoms with van der Waals surface area (Å²) in [4.78, 5) is 31.6. The second-order valence-electron chi connectivity index (χ2n) is 6.99. The quantitative estimate of drug-likeness (QED) is 0.793. The Kier molecular flexibility index (Phi) is 5.53. The van der Waals surface area contributed by atoms with E-state index in [-0.39, 0.29) is 17.7 Å². The number of carbonyl (C=O) groups is 2. The number of hydrogen-bond acceptors (Lipinski definition) is 3. The number of rotatable bonds is 3. The minimum atomic E-state index is 0.0156. The van der Waals surface area contributed by atoms with Crippen molar-refractivity contribution in [2.75, 3.05) is 45.2 Å². The average molecular weight is 341 g/mol. The van der Waals surface area contributed by atoms with Crippen LogP contribution < -0.4 is 4.90 Å². The molecule has 2 aliphatic rings. The normalized spacial score (nSPS) is 21.2. The highest BCUT2D eigenvalue weighted by Gasteiger charge is 2.27. The van der Waals surface area contributed by atoms with E-state index in [0.29, 0.717) is 11.3 Å². The molecule has 1 aromatic rings. The number of benzene rings is 1. The fourth-order valence-corrected chi connectivity index (χ4v) is 3.54. The van der Waals surface area contributed by atoms with Gasteiger partial charge in [0.1, 0.15) is 0 Å². The fraction of sp³-hybridized carbons (Fsp3) is 0.500. The highest BCUT2D eigenvalue weighted by atomic mass is 16.2. The van der Waals surface area contributed by atoms with E-state index in [2.05, 4.69) is 24.1 Å². The Labute approximate surface area is 149 Å². The van der Waals surface area contributed by atoms with Gasteiger partial charge in [0.05, 0.1) is 11.3 Å². The molecule has 25 heavy (non-hydrogen) atoms. The molecule has 0 spiro atoms. The van der Waals surface area contributed by atoms with Crippen LogP contribution in [-0.2, 0) is 4.79 Å². The number of para-hydroxylation sites is 1. The molecule has 1 aliphatic heterocycles. The summed E-state index contributed by atoms with van der Waals surface area (Å²) in [7, 11) is 3.86. The van der Waals surface area contributed by atoms with E-state index < -0.39 is 0 Å². The zero-order valence-electron chi connectivity index (χ0n) is 15.1. The molecule has 134 valence electrons. The maximum absolute atomic E-state index is 13.0. The van der Waals surface area contributed by atoms with E-state index in [1.807, 2.05) is 29.2 Å². The van der Waals surface area contributed by atoms with E-state index in [9.17, 15) is 9.59 Å². The topological polar surface area (TPSA) is 43.9 Å². The predicted molar refractivity (Wildman–Crippen MR) is 99.7 cm³/mol. The van der Waals surface area contributed by atoms with Crippen molar-refractivity contribution in [3.05, 3.63) is 42.0 Å². The fourth-order valence-electron chi connectivity index (χ4n) is 3.54. The van der Waals surface area contributed by atoms with Crippen molar-refractivity contribution in [2.45, 2.75) is 19.3 Å². The molecule has 0 bridgehead atoms. The number of hydrogen-bond donors (Lipinski definition) is 0. The molecule has 1 heterocycles. The summed E-state index contributed by atoms with van der Waals surface area (Å²) in [6.45, 7) is 3.23. The van der Waals surface area contributed by atoms with Crippen LogP contribution in [0.1, 0.15) is 29.6 Å². The van der Waals surface area contributed by atoms with E-state index in [1.165, 1.54) is 0 Å². The van der Waals surface area contributed by atoms with Crippen LogP contribution in [0.3, 0.4) is 0 Å². The Morgan fingerprint density at radius 3 is 2.48 bits per heavy atom. The first-order chi connectivity index (χ1) is 12.1. The lowest BCUT2D eigenvalue weighted by atomic mass is 9.93. The molecule has 1 aromatic carbocycles. The van der Waals surface area contributed by atoms with Gasteiger partial charge in [0, 0.05) is 39.1 Å². The number of anilines is 1. The summed E-state index contributed by atoms with van der Waals surface area (Å²) in [5.41, 5.74) is 1.33. The molecule has 1 saturated heterocycles. The molecule has 5 heteroatoms. The van der Waals surface area contributed by atoms with Gasteiger partial charge in [-0.3, -0.25) is 9.59 Å². The lowest BCUT2D eigenvalue weighted by Crippen LogP contribution is -2.47. The van der Waals surface area contributed by atoms with Gasteiger partial charge in [-0.05, 0) is 38.4 Å². The van der Waals surface area contributed by atoms with Crippen LogP contribution >= 0.6 is 0 Å². The standard InChI is InChI=1S/C20H27N3O2/c1-21-12-14-23(15-13-21)20(25)17-10-6-7-11-18(17)22(2)19(24)16-8-4-3-5-9-16/h3-4,6-7,10-11,16H,5,8-9,12-15H2,1-2H3/t16-/m0/s1. The van der Waals surface area contributed by atoms with Crippen molar-refractivity contribution < 1.29 is 9.59 Å². The lowest BCUT2D eigenvalue weighted by molar-refractivity contribution is -0.122. The molecular weight excluding hydrogens is 314 g/mol. The zero-order chi connectivity index (χ0) is 17.8. The Bertz CT molecular complexity index is 663. The highest BCUT2D eigenvalue weighted by Crippen LogP contribution is 2.26. The molecule has 1 atom stereocenters. The summed E-state index contributed by atoms with van der Waals surface area (Å²) >= 11 is 0. The molecule has 2 amide bonds. The third-order valence-electron chi connectivity index (χ3n) is 5.24. The Morgan fingerprint density at radius 1 is 1.08 bits per heavy atom. The summed E-state index contributed by atoms with van der Waals surface area (Å²) in [5, 5.41) is 0. The number of nitrogens with zero attached hydrogens (tertiary/aromatic N) is 3. The number of amides is 2. The second-order valence-corrected chi connectivity index (χ2v) is 6.99. The van der Waals surface area contributed by atoms with Crippen LogP contribution in [0.15, 0.2) is 36.4 Å². The molecule has 1 fully saturated rings. The van der Waals surface area contributed by atoms with Gasteiger partial charge in [-0.2, -0.15) is 0 Å². The monoisotopic (exact) mass is 341 g/mol. The molecule has 1 aliphatic carbocycles. The van der Waals surface area contributed by atoms with E-state index >= 15 is 0 Å². The van der Waals surface area contributed by atoms with Crippen molar-refractivity contribution >= 4 is 17.5 Å². The molecule has 0 saturated carbocycles. The maximum Gasteiger partial charge on any atom is 0.256 e. The minimum Gasteiger partial charge on any atom is -0.336 e. The van der Waals surface area contributed by atoms with Gasteiger partial charge in [0.15, 0.2) is 0 Å². The van der Waals surface area contributed by atoms with Gasteiger partial charge < -0.3 is 14.7 Å². The number of likely N-dealkylation sites (N-methyl/N-ethyl adjacent to an activating group) is 1. The molecule has 0 N–H and O–H groups in total. The summed E-state index contributed by atoms with van der Waals surface area (Å²) < 4.78 is 0. The van der Waals surface area contributed by atoms with Crippen LogP contribution in [-0.4, -0.2) is 61.9 Å². The summed E-state index contributed by atoms with van der Waals surface area (Å²) in [5.74, 6) is 0.136. The number of allylic oxidation sites excluding steroid dienone is 2. The lowest BCUT2D eigenvalue weighted by Gasteiger charge is -2.33. The first-order valence-corrected chi connectivity index (χ1v) is 9.07. The Hall–Kier alpha value is -2.14. The van der Waals surface area contributed by atoms with Crippen LogP contribution in [0.25, 0.3) is 0 Å². The van der Waals surface area contributed by atoms with Crippen LogP contribution in [0, 0.1) is 5.92 Å². The van der Waals surface area contributed by atoms with E-state index in [1.54, 1.807) is 11.9 Å². The molecular formula is C20H27N3O2. The first kappa shape index (κ1) is 17.7. The van der Waals surface area contributed by atoms with E-state index in [4.69, 9.17) is 0 Å². The van der Waals surface area contributed by atoms with Crippen LogP contribution in [0.5, 0.6) is 0 Å². The molecule has 5 nitrogen and oxygen atoms in total. The number of piperazine rings is 1. The molecule has 3 rings (SSSR count).